The second kappa shape index (κ2) is 5.98. The molecule has 1 unspecified atom stereocenters. The van der Waals surface area contributed by atoms with Crippen molar-refractivity contribution in [1.82, 2.24) is 10.9 Å². The highest BCUT2D eigenvalue weighted by atomic mass is 35.5. The predicted molar refractivity (Wildman–Crippen MR) is 72.9 cm³/mol. The maximum atomic E-state index is 12.0. The van der Waals surface area contributed by atoms with E-state index >= 15 is 0 Å². The van der Waals surface area contributed by atoms with Crippen molar-refractivity contribution >= 4 is 29.1 Å². The Labute approximate surface area is 120 Å². The first-order valence-electron chi connectivity index (χ1n) is 5.82. The van der Waals surface area contributed by atoms with E-state index in [-0.39, 0.29) is 18.2 Å². The maximum Gasteiger partial charge on any atom is 0.243 e. The molecule has 0 bridgehead atoms. The number of amides is 2. The first-order chi connectivity index (χ1) is 9.55. The number of hydrazine groups is 1. The van der Waals surface area contributed by atoms with Crippen LogP contribution in [0.5, 0.6) is 11.5 Å². The lowest BCUT2D eigenvalue weighted by atomic mass is 10.2. The SMILES string of the molecule is COc1cc(NC(=O)C2CC(=O)NN2)c(OC)cc1Cl. The van der Waals surface area contributed by atoms with Gasteiger partial charge < -0.3 is 14.8 Å². The van der Waals surface area contributed by atoms with E-state index in [1.165, 1.54) is 14.2 Å². The van der Waals surface area contributed by atoms with Crippen molar-refractivity contribution in [2.45, 2.75) is 12.5 Å². The molecule has 0 aliphatic carbocycles. The first-order valence-corrected chi connectivity index (χ1v) is 6.19. The Balaban J connectivity index is 2.19. The molecule has 1 saturated heterocycles. The topological polar surface area (TPSA) is 88.7 Å². The lowest BCUT2D eigenvalue weighted by Gasteiger charge is -2.15. The molecule has 0 spiro atoms. The average Bonchev–Trinajstić information content (AvgIpc) is 2.87. The Bertz CT molecular complexity index is 550. The van der Waals surface area contributed by atoms with Crippen LogP contribution in [0.25, 0.3) is 0 Å². The number of anilines is 1. The largest absolute Gasteiger partial charge is 0.495 e. The molecule has 0 aromatic heterocycles. The fourth-order valence-electron chi connectivity index (χ4n) is 1.79. The molecule has 1 heterocycles. The fourth-order valence-corrected chi connectivity index (χ4v) is 2.02. The van der Waals surface area contributed by atoms with Gasteiger partial charge in [-0.25, -0.2) is 5.43 Å². The highest BCUT2D eigenvalue weighted by Crippen LogP contribution is 2.35. The fraction of sp³-hybridized carbons (Fsp3) is 0.333. The Kier molecular flexibility index (Phi) is 4.31. The van der Waals surface area contributed by atoms with E-state index < -0.39 is 6.04 Å². The van der Waals surface area contributed by atoms with Crippen LogP contribution in [0.15, 0.2) is 12.1 Å². The molecule has 1 aliphatic heterocycles. The second-order valence-electron chi connectivity index (χ2n) is 4.13. The third-order valence-corrected chi connectivity index (χ3v) is 3.12. The minimum Gasteiger partial charge on any atom is -0.495 e. The van der Waals surface area contributed by atoms with Gasteiger partial charge in [0.1, 0.15) is 17.5 Å². The van der Waals surface area contributed by atoms with Gasteiger partial charge in [-0.15, -0.1) is 0 Å². The van der Waals surface area contributed by atoms with Crippen LogP contribution >= 0.6 is 11.6 Å². The van der Waals surface area contributed by atoms with Gasteiger partial charge in [0, 0.05) is 12.1 Å². The number of hydrogen-bond donors (Lipinski definition) is 3. The molecule has 2 amide bonds. The number of ether oxygens (including phenoxy) is 2. The summed E-state index contributed by atoms with van der Waals surface area (Å²) in [5.41, 5.74) is 5.38. The Morgan fingerprint density at radius 2 is 2.05 bits per heavy atom. The van der Waals surface area contributed by atoms with Crippen LogP contribution in [0, 0.1) is 0 Å². The van der Waals surface area contributed by atoms with Crippen LogP contribution in [0.4, 0.5) is 5.69 Å². The van der Waals surface area contributed by atoms with E-state index in [4.69, 9.17) is 21.1 Å². The molecule has 8 heteroatoms. The van der Waals surface area contributed by atoms with Crippen molar-refractivity contribution in [2.75, 3.05) is 19.5 Å². The summed E-state index contributed by atoms with van der Waals surface area (Å²) in [6, 6.07) is 2.47. The summed E-state index contributed by atoms with van der Waals surface area (Å²) in [6.45, 7) is 0. The number of benzene rings is 1. The van der Waals surface area contributed by atoms with E-state index in [1.54, 1.807) is 12.1 Å². The molecular formula is C12H14ClN3O4. The van der Waals surface area contributed by atoms with Crippen molar-refractivity contribution in [3.05, 3.63) is 17.2 Å². The number of methoxy groups -OCH3 is 2. The normalized spacial score (nSPS) is 17.6. The number of hydrogen-bond acceptors (Lipinski definition) is 5. The maximum absolute atomic E-state index is 12.0. The van der Waals surface area contributed by atoms with E-state index in [9.17, 15) is 9.59 Å². The van der Waals surface area contributed by atoms with Gasteiger partial charge in [-0.05, 0) is 0 Å². The van der Waals surface area contributed by atoms with Crippen LogP contribution in [-0.2, 0) is 9.59 Å². The summed E-state index contributed by atoms with van der Waals surface area (Å²) in [5, 5.41) is 3.04. The van der Waals surface area contributed by atoms with Gasteiger partial charge in [-0.2, -0.15) is 0 Å². The lowest BCUT2D eigenvalue weighted by Crippen LogP contribution is -2.39. The van der Waals surface area contributed by atoms with E-state index in [0.29, 0.717) is 22.2 Å². The van der Waals surface area contributed by atoms with Crippen molar-refractivity contribution in [1.29, 1.82) is 0 Å². The van der Waals surface area contributed by atoms with E-state index in [1.807, 2.05) is 0 Å². The van der Waals surface area contributed by atoms with Crippen LogP contribution in [-0.4, -0.2) is 32.1 Å². The zero-order valence-electron chi connectivity index (χ0n) is 11.0. The Morgan fingerprint density at radius 3 is 2.60 bits per heavy atom. The van der Waals surface area contributed by atoms with Gasteiger partial charge in [-0.3, -0.25) is 15.0 Å². The molecule has 108 valence electrons. The van der Waals surface area contributed by atoms with Crippen molar-refractivity contribution < 1.29 is 19.1 Å². The lowest BCUT2D eigenvalue weighted by molar-refractivity contribution is -0.121. The van der Waals surface area contributed by atoms with Crippen molar-refractivity contribution in [2.24, 2.45) is 0 Å². The van der Waals surface area contributed by atoms with Gasteiger partial charge in [0.25, 0.3) is 0 Å². The summed E-state index contributed by atoms with van der Waals surface area (Å²) in [7, 11) is 2.94. The summed E-state index contributed by atoms with van der Waals surface area (Å²) < 4.78 is 10.2. The average molecular weight is 300 g/mol. The van der Waals surface area contributed by atoms with E-state index in [0.717, 1.165) is 0 Å². The molecule has 1 aromatic rings. The minimum absolute atomic E-state index is 0.0822. The smallest absolute Gasteiger partial charge is 0.243 e. The molecule has 1 fully saturated rings. The highest BCUT2D eigenvalue weighted by molar-refractivity contribution is 6.32. The second-order valence-corrected chi connectivity index (χ2v) is 4.53. The molecule has 1 atom stereocenters. The number of carbonyl (C=O) groups excluding carboxylic acids is 2. The molecule has 3 N–H and O–H groups in total. The first kappa shape index (κ1) is 14.4. The molecule has 7 nitrogen and oxygen atoms in total. The van der Waals surface area contributed by atoms with Gasteiger partial charge in [0.05, 0.1) is 31.4 Å². The molecule has 1 aliphatic rings. The molecular weight excluding hydrogens is 286 g/mol. The number of carbonyl (C=O) groups is 2. The molecule has 20 heavy (non-hydrogen) atoms. The van der Waals surface area contributed by atoms with Gasteiger partial charge in [0.15, 0.2) is 0 Å². The number of halogens is 1. The number of nitrogens with one attached hydrogen (secondary N) is 3. The minimum atomic E-state index is -0.631. The molecule has 0 radical (unpaired) electrons. The summed E-state index contributed by atoms with van der Waals surface area (Å²) >= 11 is 5.98. The standard InChI is InChI=1S/C12H14ClN3O4/c1-19-9-4-7(10(20-2)3-6(9)13)14-12(18)8-5-11(17)16-15-8/h3-4,8,15H,5H2,1-2H3,(H,14,18)(H,16,17). The van der Waals surface area contributed by atoms with Gasteiger partial charge >= 0.3 is 0 Å². The van der Waals surface area contributed by atoms with E-state index in [2.05, 4.69) is 16.2 Å². The Hall–Kier alpha value is -1.99. The zero-order valence-corrected chi connectivity index (χ0v) is 11.7. The molecule has 0 saturated carbocycles. The third kappa shape index (κ3) is 2.94. The van der Waals surface area contributed by atoms with Gasteiger partial charge in [0.2, 0.25) is 11.8 Å². The van der Waals surface area contributed by atoms with Crippen LogP contribution in [0.2, 0.25) is 5.02 Å². The monoisotopic (exact) mass is 299 g/mol. The molecule has 1 aromatic carbocycles. The highest BCUT2D eigenvalue weighted by Gasteiger charge is 2.28. The summed E-state index contributed by atoms with van der Waals surface area (Å²) in [6.07, 6.45) is 0.0822. The number of rotatable bonds is 4. The Morgan fingerprint density at radius 1 is 1.35 bits per heavy atom. The van der Waals surface area contributed by atoms with Crippen molar-refractivity contribution in [3.63, 3.8) is 0 Å². The molecule has 2 rings (SSSR count). The van der Waals surface area contributed by atoms with Crippen molar-refractivity contribution in [3.8, 4) is 11.5 Å². The van der Waals surface area contributed by atoms with Crippen LogP contribution < -0.4 is 25.6 Å². The third-order valence-electron chi connectivity index (χ3n) is 2.82. The predicted octanol–water partition coefficient (Wildman–Crippen LogP) is 0.689. The van der Waals surface area contributed by atoms with Crippen LogP contribution in [0.3, 0.4) is 0 Å². The van der Waals surface area contributed by atoms with Crippen LogP contribution in [0.1, 0.15) is 6.42 Å². The summed E-state index contributed by atoms with van der Waals surface area (Å²) in [5.74, 6) is 0.231. The quantitative estimate of drug-likeness (QED) is 0.761. The zero-order chi connectivity index (χ0) is 14.7. The summed E-state index contributed by atoms with van der Waals surface area (Å²) in [4.78, 5) is 23.1. The van der Waals surface area contributed by atoms with Gasteiger partial charge in [-0.1, -0.05) is 11.6 Å².